The third-order valence-corrected chi connectivity index (χ3v) is 5.53. The molecule has 156 valence electrons. The zero-order valence-electron chi connectivity index (χ0n) is 17.3. The third-order valence-electron chi connectivity index (χ3n) is 5.53. The van der Waals surface area contributed by atoms with Crippen LogP contribution in [0.2, 0.25) is 0 Å². The highest BCUT2D eigenvalue weighted by atomic mass is 16.5. The molecule has 1 aliphatic heterocycles. The van der Waals surface area contributed by atoms with Gasteiger partial charge >= 0.3 is 0 Å². The van der Waals surface area contributed by atoms with Crippen LogP contribution in [0.3, 0.4) is 0 Å². The Kier molecular flexibility index (Phi) is 7.01. The normalized spacial score (nSPS) is 16.9. The lowest BCUT2D eigenvalue weighted by Crippen LogP contribution is -2.40. The van der Waals surface area contributed by atoms with E-state index in [1.165, 1.54) is 5.56 Å². The molecule has 0 aliphatic carbocycles. The summed E-state index contributed by atoms with van der Waals surface area (Å²) in [6, 6.07) is 8.14. The zero-order chi connectivity index (χ0) is 20.8. The summed E-state index contributed by atoms with van der Waals surface area (Å²) in [7, 11) is 0. The second kappa shape index (κ2) is 9.67. The highest BCUT2D eigenvalue weighted by Gasteiger charge is 2.24. The Hall–Kier alpha value is -2.70. The summed E-state index contributed by atoms with van der Waals surface area (Å²) < 4.78 is 5.34. The standard InChI is InChI=1S/C22H30N4O3/c1-15(2)17-6-8-18(9-7-17)22-24-20(29-25-22)11-12-21(28)26-13-3-4-16(14-26)5-10-19(23)27/h6-9,15-16H,3-5,10-14H2,1-2H3,(H2,23,27). The highest BCUT2D eigenvalue weighted by molar-refractivity contribution is 5.76. The Labute approximate surface area is 171 Å². The lowest BCUT2D eigenvalue weighted by molar-refractivity contribution is -0.133. The number of aromatic nitrogens is 2. The lowest BCUT2D eigenvalue weighted by atomic mass is 9.93. The van der Waals surface area contributed by atoms with E-state index in [9.17, 15) is 9.59 Å². The summed E-state index contributed by atoms with van der Waals surface area (Å²) in [4.78, 5) is 29.9. The van der Waals surface area contributed by atoms with Crippen LogP contribution >= 0.6 is 0 Å². The number of hydrogen-bond donors (Lipinski definition) is 1. The van der Waals surface area contributed by atoms with Crippen molar-refractivity contribution >= 4 is 11.8 Å². The fraction of sp³-hybridized carbons (Fsp3) is 0.545. The average molecular weight is 399 g/mol. The van der Waals surface area contributed by atoms with Crippen molar-refractivity contribution in [3.63, 3.8) is 0 Å². The summed E-state index contributed by atoms with van der Waals surface area (Å²) in [5.74, 6) is 1.66. The molecule has 1 aromatic heterocycles. The van der Waals surface area contributed by atoms with E-state index in [-0.39, 0.29) is 11.8 Å². The lowest BCUT2D eigenvalue weighted by Gasteiger charge is -2.32. The SMILES string of the molecule is CC(C)c1ccc(-c2noc(CCC(=O)N3CCCC(CCC(N)=O)C3)n2)cc1. The van der Waals surface area contributed by atoms with E-state index in [4.69, 9.17) is 10.3 Å². The molecule has 1 aliphatic rings. The molecule has 7 nitrogen and oxygen atoms in total. The van der Waals surface area contributed by atoms with Gasteiger partial charge in [0.2, 0.25) is 23.5 Å². The van der Waals surface area contributed by atoms with Crippen molar-refractivity contribution in [2.24, 2.45) is 11.7 Å². The van der Waals surface area contributed by atoms with Gasteiger partial charge < -0.3 is 15.2 Å². The summed E-state index contributed by atoms with van der Waals surface area (Å²) in [6.07, 6.45) is 3.91. The molecule has 1 atom stereocenters. The maximum absolute atomic E-state index is 12.6. The first kappa shape index (κ1) is 21.0. The maximum atomic E-state index is 12.6. The van der Waals surface area contributed by atoms with E-state index in [2.05, 4.69) is 36.1 Å². The van der Waals surface area contributed by atoms with E-state index in [0.29, 0.717) is 49.4 Å². The van der Waals surface area contributed by atoms with E-state index >= 15 is 0 Å². The Morgan fingerprint density at radius 3 is 2.69 bits per heavy atom. The number of primary amides is 1. The predicted molar refractivity (Wildman–Crippen MR) is 110 cm³/mol. The molecule has 1 unspecified atom stereocenters. The molecule has 1 fully saturated rings. The number of nitrogens with zero attached hydrogens (tertiary/aromatic N) is 3. The van der Waals surface area contributed by atoms with Crippen LogP contribution in [0.5, 0.6) is 0 Å². The zero-order valence-corrected chi connectivity index (χ0v) is 17.3. The van der Waals surface area contributed by atoms with E-state index < -0.39 is 0 Å². The first-order chi connectivity index (χ1) is 13.9. The van der Waals surface area contributed by atoms with Crippen LogP contribution in [-0.4, -0.2) is 39.9 Å². The molecule has 0 bridgehead atoms. The van der Waals surface area contributed by atoms with Gasteiger partial charge in [-0.25, -0.2) is 0 Å². The Morgan fingerprint density at radius 2 is 2.00 bits per heavy atom. The molecule has 2 amide bonds. The topological polar surface area (TPSA) is 102 Å². The summed E-state index contributed by atoms with van der Waals surface area (Å²) in [5, 5.41) is 4.05. The molecular weight excluding hydrogens is 368 g/mol. The molecule has 29 heavy (non-hydrogen) atoms. The van der Waals surface area contributed by atoms with Gasteiger partial charge in [-0.1, -0.05) is 43.3 Å². The molecular formula is C22H30N4O3. The molecule has 1 saturated heterocycles. The molecule has 2 N–H and O–H groups in total. The van der Waals surface area contributed by atoms with Crippen molar-refractivity contribution in [3.05, 3.63) is 35.7 Å². The average Bonchev–Trinajstić information content (AvgIpc) is 3.20. The van der Waals surface area contributed by atoms with Gasteiger partial charge in [0.1, 0.15) is 0 Å². The van der Waals surface area contributed by atoms with Crippen molar-refractivity contribution in [2.75, 3.05) is 13.1 Å². The van der Waals surface area contributed by atoms with Gasteiger partial charge in [0, 0.05) is 37.9 Å². The van der Waals surface area contributed by atoms with Gasteiger partial charge in [0.25, 0.3) is 0 Å². The number of carbonyl (C=O) groups excluding carboxylic acids is 2. The van der Waals surface area contributed by atoms with Crippen LogP contribution in [-0.2, 0) is 16.0 Å². The number of aryl methyl sites for hydroxylation is 1. The Morgan fingerprint density at radius 1 is 1.24 bits per heavy atom. The highest BCUT2D eigenvalue weighted by Crippen LogP contribution is 2.23. The third kappa shape index (κ3) is 5.89. The van der Waals surface area contributed by atoms with Crippen LogP contribution in [0.4, 0.5) is 0 Å². The molecule has 3 rings (SSSR count). The van der Waals surface area contributed by atoms with Crippen LogP contribution in [0.15, 0.2) is 28.8 Å². The van der Waals surface area contributed by atoms with Crippen LogP contribution < -0.4 is 5.73 Å². The van der Waals surface area contributed by atoms with Crippen molar-refractivity contribution in [1.82, 2.24) is 15.0 Å². The Balaban J connectivity index is 1.51. The minimum atomic E-state index is -0.278. The maximum Gasteiger partial charge on any atom is 0.227 e. The Bertz CT molecular complexity index is 829. The first-order valence-corrected chi connectivity index (χ1v) is 10.4. The van der Waals surface area contributed by atoms with E-state index in [1.807, 2.05) is 17.0 Å². The van der Waals surface area contributed by atoms with E-state index in [1.54, 1.807) is 0 Å². The summed E-state index contributed by atoms with van der Waals surface area (Å²) in [6.45, 7) is 5.77. The van der Waals surface area contributed by atoms with Gasteiger partial charge in [-0.2, -0.15) is 4.98 Å². The van der Waals surface area contributed by atoms with E-state index in [0.717, 1.165) is 31.4 Å². The minimum absolute atomic E-state index is 0.0924. The summed E-state index contributed by atoms with van der Waals surface area (Å²) in [5.41, 5.74) is 7.41. The monoisotopic (exact) mass is 398 g/mol. The van der Waals surface area contributed by atoms with Crippen LogP contribution in [0.25, 0.3) is 11.4 Å². The summed E-state index contributed by atoms with van der Waals surface area (Å²) >= 11 is 0. The number of piperidine rings is 1. The van der Waals surface area contributed by atoms with Crippen molar-refractivity contribution < 1.29 is 14.1 Å². The molecule has 0 radical (unpaired) electrons. The van der Waals surface area contributed by atoms with Gasteiger partial charge in [-0.15, -0.1) is 0 Å². The molecule has 1 aromatic carbocycles. The predicted octanol–water partition coefficient (Wildman–Crippen LogP) is 3.30. The van der Waals surface area contributed by atoms with Gasteiger partial charge in [-0.3, -0.25) is 9.59 Å². The molecule has 0 spiro atoms. The van der Waals surface area contributed by atoms with Crippen molar-refractivity contribution in [3.8, 4) is 11.4 Å². The van der Waals surface area contributed by atoms with Gasteiger partial charge in [0.05, 0.1) is 0 Å². The van der Waals surface area contributed by atoms with Gasteiger partial charge in [-0.05, 0) is 36.7 Å². The first-order valence-electron chi connectivity index (χ1n) is 10.4. The van der Waals surface area contributed by atoms with Crippen molar-refractivity contribution in [2.45, 2.75) is 58.3 Å². The number of amides is 2. The fourth-order valence-corrected chi connectivity index (χ4v) is 3.74. The second-order valence-electron chi connectivity index (χ2n) is 8.14. The number of rotatable bonds is 8. The molecule has 7 heteroatoms. The second-order valence-corrected chi connectivity index (χ2v) is 8.14. The smallest absolute Gasteiger partial charge is 0.227 e. The molecule has 2 aromatic rings. The number of hydrogen-bond acceptors (Lipinski definition) is 5. The van der Waals surface area contributed by atoms with Crippen LogP contribution in [0.1, 0.15) is 63.3 Å². The number of likely N-dealkylation sites (tertiary alicyclic amines) is 1. The largest absolute Gasteiger partial charge is 0.370 e. The van der Waals surface area contributed by atoms with Gasteiger partial charge in [0.15, 0.2) is 0 Å². The molecule has 2 heterocycles. The fourth-order valence-electron chi connectivity index (χ4n) is 3.74. The quantitative estimate of drug-likeness (QED) is 0.735. The number of benzene rings is 1. The molecule has 0 saturated carbocycles. The minimum Gasteiger partial charge on any atom is -0.370 e. The van der Waals surface area contributed by atoms with Crippen molar-refractivity contribution in [1.29, 1.82) is 0 Å². The number of carbonyl (C=O) groups is 2. The van der Waals surface area contributed by atoms with Crippen LogP contribution in [0, 0.1) is 5.92 Å². The number of nitrogens with two attached hydrogens (primary N) is 1.